The molecule has 0 bridgehead atoms. The molecule has 0 radical (unpaired) electrons. The summed E-state index contributed by atoms with van der Waals surface area (Å²) >= 11 is 0. The average molecular weight is 255 g/mol. The van der Waals surface area contributed by atoms with Gasteiger partial charge in [-0.2, -0.15) is 0 Å². The molecule has 2 nitrogen and oxygen atoms in total. The van der Waals surface area contributed by atoms with Gasteiger partial charge in [-0.15, -0.1) is 0 Å². The van der Waals surface area contributed by atoms with Crippen LogP contribution in [0.5, 0.6) is 0 Å². The van der Waals surface area contributed by atoms with E-state index in [1.54, 1.807) is 0 Å². The zero-order chi connectivity index (χ0) is 13.4. The van der Waals surface area contributed by atoms with E-state index in [0.717, 1.165) is 6.42 Å². The van der Waals surface area contributed by atoms with Crippen molar-refractivity contribution in [2.24, 2.45) is 11.3 Å². The van der Waals surface area contributed by atoms with Crippen molar-refractivity contribution in [3.63, 3.8) is 0 Å². The van der Waals surface area contributed by atoms with Gasteiger partial charge in [-0.25, -0.2) is 0 Å². The van der Waals surface area contributed by atoms with Gasteiger partial charge < -0.3 is 10.0 Å². The van der Waals surface area contributed by atoms with E-state index in [0.29, 0.717) is 17.9 Å². The molecule has 108 valence electrons. The molecular weight excluding hydrogens is 222 g/mol. The Kier molecular flexibility index (Phi) is 7.25. The lowest BCUT2D eigenvalue weighted by Crippen LogP contribution is -2.57. The van der Waals surface area contributed by atoms with Crippen LogP contribution in [-0.2, 0) is 0 Å². The van der Waals surface area contributed by atoms with E-state index in [1.165, 1.54) is 58.2 Å². The minimum Gasteiger partial charge on any atom is -0.396 e. The van der Waals surface area contributed by atoms with Gasteiger partial charge in [0, 0.05) is 26.2 Å². The number of nitrogens with zero attached hydrogens (tertiary/aromatic N) is 1. The van der Waals surface area contributed by atoms with Gasteiger partial charge in [0.25, 0.3) is 0 Å². The Labute approximate surface area is 114 Å². The average Bonchev–Trinajstić information content (AvgIpc) is 2.28. The summed E-state index contributed by atoms with van der Waals surface area (Å²) in [6.45, 7) is 11.0. The number of rotatable bonds is 10. The van der Waals surface area contributed by atoms with Crippen molar-refractivity contribution in [1.29, 1.82) is 0 Å². The number of hydrogen-bond acceptors (Lipinski definition) is 2. The van der Waals surface area contributed by atoms with E-state index in [4.69, 9.17) is 5.11 Å². The zero-order valence-electron chi connectivity index (χ0n) is 12.7. The number of aliphatic hydroxyl groups is 1. The van der Waals surface area contributed by atoms with Crippen LogP contribution in [0.4, 0.5) is 0 Å². The highest BCUT2D eigenvalue weighted by atomic mass is 16.3. The van der Waals surface area contributed by atoms with Crippen molar-refractivity contribution in [2.45, 2.75) is 65.7 Å². The molecule has 0 amide bonds. The van der Waals surface area contributed by atoms with Gasteiger partial charge in [-0.3, -0.25) is 0 Å². The van der Waals surface area contributed by atoms with Crippen LogP contribution in [0.2, 0.25) is 0 Å². The Hall–Kier alpha value is -0.0800. The minimum atomic E-state index is 0.355. The van der Waals surface area contributed by atoms with Crippen LogP contribution in [0, 0.1) is 11.3 Å². The topological polar surface area (TPSA) is 23.5 Å². The van der Waals surface area contributed by atoms with Gasteiger partial charge in [0.05, 0.1) is 0 Å². The maximum absolute atomic E-state index is 9.12. The lowest BCUT2D eigenvalue weighted by atomic mass is 9.72. The fraction of sp³-hybridized carbons (Fsp3) is 1.00. The minimum absolute atomic E-state index is 0.355. The first-order chi connectivity index (χ1) is 8.69. The van der Waals surface area contributed by atoms with Crippen LogP contribution < -0.4 is 0 Å². The molecule has 1 rings (SSSR count). The Bertz CT molecular complexity index is 194. The van der Waals surface area contributed by atoms with Gasteiger partial charge in [0.15, 0.2) is 0 Å². The normalized spacial score (nSPS) is 20.7. The fourth-order valence-electron chi connectivity index (χ4n) is 3.82. The van der Waals surface area contributed by atoms with Crippen LogP contribution in [0.15, 0.2) is 0 Å². The van der Waals surface area contributed by atoms with Gasteiger partial charge >= 0.3 is 0 Å². The summed E-state index contributed by atoms with van der Waals surface area (Å²) in [5.74, 6) is 0.709. The monoisotopic (exact) mass is 255 g/mol. The van der Waals surface area contributed by atoms with Gasteiger partial charge in [0.1, 0.15) is 0 Å². The highest BCUT2D eigenvalue weighted by Gasteiger charge is 2.41. The molecule has 1 heterocycles. The Balaban J connectivity index is 2.34. The van der Waals surface area contributed by atoms with Crippen LogP contribution in [0.25, 0.3) is 0 Å². The van der Waals surface area contributed by atoms with Crippen molar-refractivity contribution in [3.05, 3.63) is 0 Å². The molecule has 1 aliphatic heterocycles. The Morgan fingerprint density at radius 1 is 1.00 bits per heavy atom. The predicted octanol–water partition coefficient (Wildman–Crippen LogP) is 3.69. The molecular formula is C16H33NO. The second-order valence-electron chi connectivity index (χ2n) is 6.34. The number of hydrogen-bond donors (Lipinski definition) is 1. The van der Waals surface area contributed by atoms with Crippen molar-refractivity contribution in [2.75, 3.05) is 26.2 Å². The molecule has 0 aromatic rings. The number of likely N-dealkylation sites (tertiary alicyclic amines) is 1. The molecule has 1 aliphatic rings. The SMILES string of the molecule is CCCC(CCO)CN1CC(CCC)(CCC)C1. The summed E-state index contributed by atoms with van der Waals surface area (Å²) < 4.78 is 0. The maximum atomic E-state index is 9.12. The second kappa shape index (κ2) is 8.16. The Morgan fingerprint density at radius 3 is 2.06 bits per heavy atom. The summed E-state index contributed by atoms with van der Waals surface area (Å²) in [5, 5.41) is 9.12. The van der Waals surface area contributed by atoms with Crippen molar-refractivity contribution in [3.8, 4) is 0 Å². The molecule has 0 spiro atoms. The zero-order valence-corrected chi connectivity index (χ0v) is 12.7. The standard InChI is InChI=1S/C16H33NO/c1-4-7-15(8-11-18)12-17-13-16(14-17,9-5-2)10-6-3/h15,18H,4-14H2,1-3H3. The van der Waals surface area contributed by atoms with Crippen LogP contribution in [-0.4, -0.2) is 36.2 Å². The third kappa shape index (κ3) is 4.55. The van der Waals surface area contributed by atoms with Crippen molar-refractivity contribution in [1.82, 2.24) is 4.90 Å². The van der Waals surface area contributed by atoms with E-state index in [-0.39, 0.29) is 0 Å². The lowest BCUT2D eigenvalue weighted by molar-refractivity contribution is -0.0264. The third-order valence-corrected chi connectivity index (χ3v) is 4.43. The lowest BCUT2D eigenvalue weighted by Gasteiger charge is -2.52. The summed E-state index contributed by atoms with van der Waals surface area (Å²) in [5.41, 5.74) is 0.638. The smallest absolute Gasteiger partial charge is 0.0434 e. The Morgan fingerprint density at radius 2 is 1.61 bits per heavy atom. The molecule has 1 fully saturated rings. The summed E-state index contributed by atoms with van der Waals surface area (Å²) in [6, 6.07) is 0. The van der Waals surface area contributed by atoms with E-state index in [9.17, 15) is 0 Å². The molecule has 1 atom stereocenters. The quantitative estimate of drug-likeness (QED) is 0.643. The van der Waals surface area contributed by atoms with Gasteiger partial charge in [-0.05, 0) is 37.0 Å². The highest BCUT2D eigenvalue weighted by Crippen LogP contribution is 2.40. The first-order valence-electron chi connectivity index (χ1n) is 8.03. The van der Waals surface area contributed by atoms with Crippen LogP contribution >= 0.6 is 0 Å². The van der Waals surface area contributed by atoms with E-state index >= 15 is 0 Å². The van der Waals surface area contributed by atoms with Crippen LogP contribution in [0.3, 0.4) is 0 Å². The first-order valence-corrected chi connectivity index (χ1v) is 8.03. The van der Waals surface area contributed by atoms with E-state index in [2.05, 4.69) is 25.7 Å². The summed E-state index contributed by atoms with van der Waals surface area (Å²) in [7, 11) is 0. The largest absolute Gasteiger partial charge is 0.396 e. The van der Waals surface area contributed by atoms with Gasteiger partial charge in [0.2, 0.25) is 0 Å². The highest BCUT2D eigenvalue weighted by molar-refractivity contribution is 4.94. The van der Waals surface area contributed by atoms with Gasteiger partial charge in [-0.1, -0.05) is 40.0 Å². The van der Waals surface area contributed by atoms with E-state index in [1.807, 2.05) is 0 Å². The van der Waals surface area contributed by atoms with Crippen LogP contribution in [0.1, 0.15) is 65.7 Å². The summed E-state index contributed by atoms with van der Waals surface area (Å²) in [6.07, 6.45) is 8.94. The van der Waals surface area contributed by atoms with Crippen molar-refractivity contribution < 1.29 is 5.11 Å². The molecule has 0 aromatic carbocycles. The maximum Gasteiger partial charge on any atom is 0.0434 e. The second-order valence-corrected chi connectivity index (χ2v) is 6.34. The molecule has 18 heavy (non-hydrogen) atoms. The predicted molar refractivity (Wildman–Crippen MR) is 78.8 cm³/mol. The van der Waals surface area contributed by atoms with Crippen molar-refractivity contribution >= 4 is 0 Å². The van der Waals surface area contributed by atoms with E-state index < -0.39 is 0 Å². The molecule has 0 aliphatic carbocycles. The molecule has 1 unspecified atom stereocenters. The first kappa shape index (κ1) is 16.0. The third-order valence-electron chi connectivity index (χ3n) is 4.43. The molecule has 0 aromatic heterocycles. The molecule has 0 saturated carbocycles. The molecule has 2 heteroatoms. The number of aliphatic hydroxyl groups excluding tert-OH is 1. The molecule has 1 saturated heterocycles. The molecule has 1 N–H and O–H groups in total. The summed E-state index contributed by atoms with van der Waals surface area (Å²) in [4.78, 5) is 2.63. The fourth-order valence-corrected chi connectivity index (χ4v) is 3.82.